The second kappa shape index (κ2) is 8.87. The maximum absolute atomic E-state index is 14.0. The minimum absolute atomic E-state index is 0.192. The van der Waals surface area contributed by atoms with Gasteiger partial charge in [0.2, 0.25) is 0 Å². The van der Waals surface area contributed by atoms with Crippen LogP contribution in [-0.4, -0.2) is 38.6 Å². The van der Waals surface area contributed by atoms with Crippen LogP contribution >= 0.6 is 0 Å². The normalized spacial score (nSPS) is 16.4. The van der Waals surface area contributed by atoms with Crippen molar-refractivity contribution in [2.45, 2.75) is 25.4 Å². The molecule has 1 aliphatic carbocycles. The van der Waals surface area contributed by atoms with Crippen molar-refractivity contribution < 1.29 is 18.3 Å². The fourth-order valence-electron chi connectivity index (χ4n) is 4.74. The van der Waals surface area contributed by atoms with Gasteiger partial charge in [0.15, 0.2) is 0 Å². The molecule has 2 fully saturated rings. The summed E-state index contributed by atoms with van der Waals surface area (Å²) in [6.45, 7) is 1.45. The highest BCUT2D eigenvalue weighted by molar-refractivity contribution is 5.45. The molecule has 2 aliphatic rings. The number of halogens is 2. The maximum atomic E-state index is 14.0. The van der Waals surface area contributed by atoms with E-state index in [-0.39, 0.29) is 12.1 Å². The van der Waals surface area contributed by atoms with Crippen LogP contribution in [-0.2, 0) is 11.3 Å². The van der Waals surface area contributed by atoms with E-state index < -0.39 is 17.3 Å². The van der Waals surface area contributed by atoms with Crippen LogP contribution < -0.4 is 15.7 Å². The predicted molar refractivity (Wildman–Crippen MR) is 127 cm³/mol. The van der Waals surface area contributed by atoms with Gasteiger partial charge in [-0.25, -0.2) is 18.6 Å². The van der Waals surface area contributed by atoms with E-state index >= 15 is 0 Å². The van der Waals surface area contributed by atoms with Crippen molar-refractivity contribution in [1.82, 2.24) is 19.3 Å². The lowest BCUT2D eigenvalue weighted by Gasteiger charge is -2.53. The Morgan fingerprint density at radius 1 is 1.06 bits per heavy atom. The number of hydrogen-bond acceptors (Lipinski definition) is 6. The van der Waals surface area contributed by atoms with Crippen molar-refractivity contribution in [1.29, 1.82) is 0 Å². The number of aromatic nitrogens is 4. The van der Waals surface area contributed by atoms with Crippen molar-refractivity contribution in [3.05, 3.63) is 94.8 Å². The second-order valence-electron chi connectivity index (χ2n) is 9.37. The van der Waals surface area contributed by atoms with Crippen molar-refractivity contribution in [3.63, 3.8) is 0 Å². The topological polar surface area (TPSA) is 83.2 Å². The molecule has 4 aromatic rings. The Hall–Kier alpha value is -4.05. The number of nitrogens with one attached hydrogen (secondary N) is 1. The maximum Gasteiger partial charge on any atom is 0.350 e. The summed E-state index contributed by atoms with van der Waals surface area (Å²) in [5.74, 6) is 0.540. The molecule has 184 valence electrons. The van der Waals surface area contributed by atoms with E-state index in [1.54, 1.807) is 36.5 Å². The summed E-state index contributed by atoms with van der Waals surface area (Å²) >= 11 is 0. The first-order valence-electron chi connectivity index (χ1n) is 11.6. The number of anilines is 1. The van der Waals surface area contributed by atoms with Gasteiger partial charge < -0.3 is 14.8 Å². The molecule has 0 atom stereocenters. The molecular formula is C26H23F2N5O3. The molecule has 1 saturated carbocycles. The Balaban J connectivity index is 1.12. The molecule has 0 unspecified atom stereocenters. The molecule has 36 heavy (non-hydrogen) atoms. The first kappa shape index (κ1) is 22.4. The predicted octanol–water partition coefficient (Wildman–Crippen LogP) is 4.14. The van der Waals surface area contributed by atoms with Crippen LogP contribution in [0.25, 0.3) is 5.69 Å². The van der Waals surface area contributed by atoms with E-state index in [1.165, 1.54) is 12.4 Å². The van der Waals surface area contributed by atoms with E-state index in [0.717, 1.165) is 53.3 Å². The van der Waals surface area contributed by atoms with Crippen molar-refractivity contribution in [2.24, 2.45) is 5.41 Å². The molecule has 0 bridgehead atoms. The zero-order chi connectivity index (χ0) is 24.7. The molecule has 1 aliphatic heterocycles. The van der Waals surface area contributed by atoms with Gasteiger partial charge in [-0.05, 0) is 55.3 Å². The third kappa shape index (κ3) is 4.24. The van der Waals surface area contributed by atoms with Crippen molar-refractivity contribution in [2.75, 3.05) is 18.5 Å². The Bertz CT molecular complexity index is 1430. The Morgan fingerprint density at radius 3 is 2.50 bits per heavy atom. The summed E-state index contributed by atoms with van der Waals surface area (Å²) in [6.07, 6.45) is 5.13. The van der Waals surface area contributed by atoms with Crippen LogP contribution in [0.3, 0.4) is 0 Å². The van der Waals surface area contributed by atoms with Gasteiger partial charge >= 0.3 is 5.69 Å². The number of benzene rings is 2. The second-order valence-corrected chi connectivity index (χ2v) is 9.37. The summed E-state index contributed by atoms with van der Waals surface area (Å²) in [5, 5.41) is 7.53. The van der Waals surface area contributed by atoms with Gasteiger partial charge in [0.05, 0.1) is 25.4 Å². The molecule has 1 spiro atoms. The number of rotatable bonds is 7. The summed E-state index contributed by atoms with van der Waals surface area (Å²) in [6, 6.07) is 14.4. The van der Waals surface area contributed by atoms with Gasteiger partial charge in [-0.3, -0.25) is 4.57 Å². The highest BCUT2D eigenvalue weighted by atomic mass is 19.1. The van der Waals surface area contributed by atoms with E-state index in [2.05, 4.69) is 15.4 Å². The minimum atomic E-state index is -0.713. The van der Waals surface area contributed by atoms with Crippen molar-refractivity contribution in [3.8, 4) is 17.2 Å². The average molecular weight is 491 g/mol. The van der Waals surface area contributed by atoms with Gasteiger partial charge in [-0.15, -0.1) is 0 Å². The lowest BCUT2D eigenvalue weighted by Crippen LogP contribution is -2.56. The molecule has 3 heterocycles. The van der Waals surface area contributed by atoms with E-state index in [0.29, 0.717) is 28.6 Å². The molecule has 1 N–H and O–H groups in total. The third-order valence-electron chi connectivity index (χ3n) is 6.70. The van der Waals surface area contributed by atoms with Gasteiger partial charge in [-0.1, -0.05) is 6.07 Å². The van der Waals surface area contributed by atoms with Gasteiger partial charge in [0, 0.05) is 29.3 Å². The fourth-order valence-corrected chi connectivity index (χ4v) is 4.74. The van der Waals surface area contributed by atoms with Crippen LogP contribution in [0.1, 0.15) is 18.4 Å². The van der Waals surface area contributed by atoms with E-state index in [4.69, 9.17) is 9.47 Å². The molecule has 10 heteroatoms. The third-order valence-corrected chi connectivity index (χ3v) is 6.70. The van der Waals surface area contributed by atoms with Crippen LogP contribution in [0.15, 0.2) is 71.9 Å². The lowest BCUT2D eigenvalue weighted by atomic mass is 9.64. The van der Waals surface area contributed by atoms with E-state index in [9.17, 15) is 13.6 Å². The van der Waals surface area contributed by atoms with Crippen LogP contribution in [0.2, 0.25) is 0 Å². The zero-order valence-electron chi connectivity index (χ0n) is 19.2. The SMILES string of the molecule is O=c1n(Cc2c(F)cccc2F)cnn1-c1ccc(Oc2ccnc(NC3CC4(COC4)C3)c2)cc1. The highest BCUT2D eigenvalue weighted by Gasteiger charge is 2.49. The first-order valence-corrected chi connectivity index (χ1v) is 11.6. The highest BCUT2D eigenvalue weighted by Crippen LogP contribution is 2.47. The molecule has 6 rings (SSSR count). The van der Waals surface area contributed by atoms with Crippen LogP contribution in [0, 0.1) is 17.0 Å². The monoisotopic (exact) mass is 491 g/mol. The number of nitrogens with zero attached hydrogens (tertiary/aromatic N) is 4. The largest absolute Gasteiger partial charge is 0.457 e. The quantitative estimate of drug-likeness (QED) is 0.419. The summed E-state index contributed by atoms with van der Waals surface area (Å²) < 4.78 is 41.5. The molecular weight excluding hydrogens is 468 g/mol. The number of pyridine rings is 1. The van der Waals surface area contributed by atoms with Gasteiger partial charge in [0.25, 0.3) is 0 Å². The van der Waals surface area contributed by atoms with Crippen LogP contribution in [0.5, 0.6) is 11.5 Å². The Kier molecular flexibility index (Phi) is 5.52. The Labute approximate surface area is 205 Å². The number of ether oxygens (including phenoxy) is 2. The smallest absolute Gasteiger partial charge is 0.350 e. The molecule has 0 amide bonds. The average Bonchev–Trinajstić information content (AvgIpc) is 3.18. The summed E-state index contributed by atoms with van der Waals surface area (Å²) in [5.41, 5.74) is 0.167. The zero-order valence-corrected chi connectivity index (χ0v) is 19.2. The molecule has 2 aromatic heterocycles. The van der Waals surface area contributed by atoms with E-state index in [1.807, 2.05) is 6.07 Å². The summed E-state index contributed by atoms with van der Waals surface area (Å²) in [4.78, 5) is 17.1. The Morgan fingerprint density at radius 2 is 1.81 bits per heavy atom. The number of hydrogen-bond donors (Lipinski definition) is 1. The lowest BCUT2D eigenvalue weighted by molar-refractivity contribution is -0.159. The van der Waals surface area contributed by atoms with Crippen LogP contribution in [0.4, 0.5) is 14.6 Å². The first-order chi connectivity index (χ1) is 17.5. The molecule has 0 radical (unpaired) electrons. The standard InChI is InChI=1S/C26H23F2N5O3/c27-22-2-1-3-23(28)21(22)13-32-16-30-33(25(32)34)18-4-6-19(7-5-18)36-20-8-9-29-24(10-20)31-17-11-26(12-17)14-35-15-26/h1-10,16-17H,11-15H2,(H,29,31). The fraction of sp³-hybridized carbons (Fsp3) is 0.269. The van der Waals surface area contributed by atoms with Crippen molar-refractivity contribution >= 4 is 5.82 Å². The molecule has 2 aromatic carbocycles. The minimum Gasteiger partial charge on any atom is -0.457 e. The molecule has 8 nitrogen and oxygen atoms in total. The summed E-state index contributed by atoms with van der Waals surface area (Å²) in [7, 11) is 0. The molecule has 1 saturated heterocycles. The van der Waals surface area contributed by atoms with Gasteiger partial charge in [-0.2, -0.15) is 9.78 Å². The van der Waals surface area contributed by atoms with Gasteiger partial charge in [0.1, 0.15) is 35.3 Å².